The van der Waals surface area contributed by atoms with Crippen molar-refractivity contribution in [3.63, 3.8) is 0 Å². The van der Waals surface area contributed by atoms with Crippen LogP contribution in [0.2, 0.25) is 5.02 Å². The van der Waals surface area contributed by atoms with Crippen molar-refractivity contribution in [1.82, 2.24) is 9.97 Å². The summed E-state index contributed by atoms with van der Waals surface area (Å²) in [7, 11) is 0. The largest absolute Gasteiger partial charge is 0.437 e. The van der Waals surface area contributed by atoms with Gasteiger partial charge in [0.25, 0.3) is 5.56 Å². The molecular formula is C12H9ClF3N3O2. The summed E-state index contributed by atoms with van der Waals surface area (Å²) in [6.45, 7) is -0.0482. The number of nitrogens with one attached hydrogen (secondary N) is 1. The fourth-order valence-electron chi connectivity index (χ4n) is 1.56. The zero-order valence-corrected chi connectivity index (χ0v) is 11.1. The number of ether oxygens (including phenoxy) is 1. The summed E-state index contributed by atoms with van der Waals surface area (Å²) < 4.78 is 44.0. The SMILES string of the molecule is NCc1ccc(Oc2nc[nH]c(=O)c2Cl)c(C(F)(F)F)c1. The number of halogens is 4. The van der Waals surface area contributed by atoms with Crippen LogP contribution in [0.4, 0.5) is 13.2 Å². The number of hydrogen-bond acceptors (Lipinski definition) is 4. The Hall–Kier alpha value is -2.06. The van der Waals surface area contributed by atoms with E-state index < -0.39 is 34.0 Å². The third-order valence-corrected chi connectivity index (χ3v) is 2.89. The molecule has 2 rings (SSSR count). The van der Waals surface area contributed by atoms with Gasteiger partial charge in [-0.2, -0.15) is 13.2 Å². The van der Waals surface area contributed by atoms with E-state index in [-0.39, 0.29) is 6.54 Å². The maximum Gasteiger partial charge on any atom is 0.419 e. The molecule has 112 valence electrons. The minimum absolute atomic E-state index is 0.0482. The van der Waals surface area contributed by atoms with E-state index in [0.29, 0.717) is 5.56 Å². The van der Waals surface area contributed by atoms with Crippen LogP contribution in [-0.4, -0.2) is 9.97 Å². The molecule has 9 heteroatoms. The number of H-pyrrole nitrogens is 1. The molecule has 0 saturated heterocycles. The number of nitrogens with zero attached hydrogens (tertiary/aromatic N) is 1. The van der Waals surface area contributed by atoms with Crippen molar-refractivity contribution in [3.05, 3.63) is 51.0 Å². The highest BCUT2D eigenvalue weighted by atomic mass is 35.5. The van der Waals surface area contributed by atoms with Gasteiger partial charge < -0.3 is 15.5 Å². The molecule has 0 atom stereocenters. The van der Waals surface area contributed by atoms with Gasteiger partial charge in [0.1, 0.15) is 5.75 Å². The van der Waals surface area contributed by atoms with Crippen LogP contribution in [0.15, 0.2) is 29.3 Å². The Morgan fingerprint density at radius 3 is 2.71 bits per heavy atom. The summed E-state index contributed by atoms with van der Waals surface area (Å²) in [6, 6.07) is 3.35. The number of benzene rings is 1. The van der Waals surface area contributed by atoms with E-state index in [1.165, 1.54) is 6.07 Å². The van der Waals surface area contributed by atoms with Crippen LogP contribution >= 0.6 is 11.6 Å². The Morgan fingerprint density at radius 2 is 2.10 bits per heavy atom. The predicted molar refractivity (Wildman–Crippen MR) is 69.3 cm³/mol. The lowest BCUT2D eigenvalue weighted by atomic mass is 10.1. The summed E-state index contributed by atoms with van der Waals surface area (Å²) in [6.07, 6.45) is -3.67. The Labute approximate surface area is 121 Å². The highest BCUT2D eigenvalue weighted by Crippen LogP contribution is 2.39. The number of alkyl halides is 3. The minimum Gasteiger partial charge on any atom is -0.437 e. The van der Waals surface area contributed by atoms with Gasteiger partial charge in [-0.1, -0.05) is 17.7 Å². The van der Waals surface area contributed by atoms with Gasteiger partial charge in [-0.15, -0.1) is 0 Å². The molecule has 2 aromatic rings. The molecule has 1 heterocycles. The van der Waals surface area contributed by atoms with Crippen LogP contribution in [0, 0.1) is 0 Å². The van der Waals surface area contributed by atoms with Crippen molar-refractivity contribution in [2.45, 2.75) is 12.7 Å². The van der Waals surface area contributed by atoms with E-state index >= 15 is 0 Å². The second-order valence-corrected chi connectivity index (χ2v) is 4.36. The van der Waals surface area contributed by atoms with Crippen molar-refractivity contribution in [2.24, 2.45) is 5.73 Å². The molecule has 0 aliphatic heterocycles. The summed E-state index contributed by atoms with van der Waals surface area (Å²) in [5, 5.41) is -0.437. The average Bonchev–Trinajstić information content (AvgIpc) is 2.43. The Bertz CT molecular complexity index is 716. The number of nitrogens with two attached hydrogens (primary N) is 1. The number of rotatable bonds is 3. The first-order chi connectivity index (χ1) is 9.82. The fourth-order valence-corrected chi connectivity index (χ4v) is 1.70. The monoisotopic (exact) mass is 319 g/mol. The smallest absolute Gasteiger partial charge is 0.419 e. The molecule has 0 bridgehead atoms. The van der Waals surface area contributed by atoms with Crippen LogP contribution in [0.25, 0.3) is 0 Å². The molecule has 3 N–H and O–H groups in total. The first kappa shape index (κ1) is 15.3. The van der Waals surface area contributed by atoms with E-state index in [1.54, 1.807) is 0 Å². The van der Waals surface area contributed by atoms with Crippen LogP contribution in [0.3, 0.4) is 0 Å². The van der Waals surface area contributed by atoms with Gasteiger partial charge in [0.15, 0.2) is 5.02 Å². The lowest BCUT2D eigenvalue weighted by Gasteiger charge is -2.14. The van der Waals surface area contributed by atoms with E-state index in [9.17, 15) is 18.0 Å². The second-order valence-electron chi connectivity index (χ2n) is 3.99. The highest BCUT2D eigenvalue weighted by molar-refractivity contribution is 6.31. The van der Waals surface area contributed by atoms with Gasteiger partial charge in [-0.3, -0.25) is 4.79 Å². The van der Waals surface area contributed by atoms with Crippen molar-refractivity contribution < 1.29 is 17.9 Å². The van der Waals surface area contributed by atoms with Crippen LogP contribution in [0.5, 0.6) is 11.6 Å². The molecule has 0 spiro atoms. The number of aromatic amines is 1. The van der Waals surface area contributed by atoms with Crippen molar-refractivity contribution in [2.75, 3.05) is 0 Å². The standard InChI is InChI=1S/C12H9ClF3N3O2/c13-9-10(20)18-5-19-11(9)21-8-2-1-6(4-17)3-7(8)12(14,15)16/h1-3,5H,4,17H2,(H,18,19,20). The number of hydrogen-bond donors (Lipinski definition) is 2. The molecule has 0 amide bonds. The molecule has 0 saturated carbocycles. The van der Waals surface area contributed by atoms with E-state index in [2.05, 4.69) is 9.97 Å². The minimum atomic E-state index is -4.64. The quantitative estimate of drug-likeness (QED) is 0.911. The zero-order chi connectivity index (χ0) is 15.6. The first-order valence-electron chi connectivity index (χ1n) is 5.64. The van der Waals surface area contributed by atoms with Crippen LogP contribution in [0.1, 0.15) is 11.1 Å². The summed E-state index contributed by atoms with van der Waals surface area (Å²) >= 11 is 5.64. The molecule has 0 radical (unpaired) electrons. The second kappa shape index (κ2) is 5.74. The topological polar surface area (TPSA) is 81.0 Å². The molecule has 21 heavy (non-hydrogen) atoms. The summed E-state index contributed by atoms with van der Waals surface area (Å²) in [5.74, 6) is -0.925. The summed E-state index contributed by atoms with van der Waals surface area (Å²) in [5.41, 5.74) is 3.87. The third kappa shape index (κ3) is 3.34. The van der Waals surface area contributed by atoms with Crippen molar-refractivity contribution in [1.29, 1.82) is 0 Å². The normalized spacial score (nSPS) is 11.5. The molecule has 0 unspecified atom stereocenters. The first-order valence-corrected chi connectivity index (χ1v) is 6.02. The Kier molecular flexibility index (Phi) is 4.19. The molecule has 5 nitrogen and oxygen atoms in total. The third-order valence-electron chi connectivity index (χ3n) is 2.56. The van der Waals surface area contributed by atoms with Gasteiger partial charge in [0.05, 0.1) is 11.9 Å². The zero-order valence-electron chi connectivity index (χ0n) is 10.4. The number of aromatic nitrogens is 2. The van der Waals surface area contributed by atoms with Crippen molar-refractivity contribution >= 4 is 11.6 Å². The Morgan fingerprint density at radius 1 is 1.38 bits per heavy atom. The van der Waals surface area contributed by atoms with Crippen LogP contribution < -0.4 is 16.0 Å². The van der Waals surface area contributed by atoms with Gasteiger partial charge in [-0.25, -0.2) is 4.98 Å². The average molecular weight is 320 g/mol. The lowest BCUT2D eigenvalue weighted by molar-refractivity contribution is -0.138. The molecule has 1 aromatic heterocycles. The molecule has 0 aliphatic rings. The maximum absolute atomic E-state index is 13.0. The van der Waals surface area contributed by atoms with E-state index in [4.69, 9.17) is 22.1 Å². The van der Waals surface area contributed by atoms with E-state index in [0.717, 1.165) is 18.5 Å². The molecular weight excluding hydrogens is 311 g/mol. The maximum atomic E-state index is 13.0. The molecule has 0 aliphatic carbocycles. The highest BCUT2D eigenvalue weighted by Gasteiger charge is 2.35. The molecule has 0 fully saturated rings. The fraction of sp³-hybridized carbons (Fsp3) is 0.167. The van der Waals surface area contributed by atoms with Gasteiger partial charge in [0, 0.05) is 6.54 Å². The lowest BCUT2D eigenvalue weighted by Crippen LogP contribution is -2.11. The molecule has 1 aromatic carbocycles. The van der Waals surface area contributed by atoms with Gasteiger partial charge >= 0.3 is 6.18 Å². The van der Waals surface area contributed by atoms with Crippen LogP contribution in [-0.2, 0) is 12.7 Å². The predicted octanol–water partition coefficient (Wildman–Crippen LogP) is 2.69. The summed E-state index contributed by atoms with van der Waals surface area (Å²) in [4.78, 5) is 17.0. The van der Waals surface area contributed by atoms with Crippen molar-refractivity contribution in [3.8, 4) is 11.6 Å². The van der Waals surface area contributed by atoms with Gasteiger partial charge in [0.2, 0.25) is 5.88 Å². The van der Waals surface area contributed by atoms with E-state index in [1.807, 2.05) is 0 Å². The van der Waals surface area contributed by atoms with Gasteiger partial charge in [-0.05, 0) is 17.7 Å². The Balaban J connectivity index is 2.49.